The molecule has 6 rings (SSSR count). The molecule has 204 valence electrons. The minimum Gasteiger partial charge on any atom is -0.387 e. The fraction of sp³-hybridized carbons (Fsp3) is 0.333. The van der Waals surface area contributed by atoms with Crippen LogP contribution in [0, 0.1) is 0 Å². The van der Waals surface area contributed by atoms with E-state index in [0.29, 0.717) is 17.5 Å². The molecule has 4 N–H and O–H groups in total. The number of rotatable bonds is 6. The van der Waals surface area contributed by atoms with E-state index in [1.54, 1.807) is 16.8 Å². The average Bonchev–Trinajstić information content (AvgIpc) is 3.47. The average molecular weight is 553 g/mol. The van der Waals surface area contributed by atoms with Crippen molar-refractivity contribution in [2.24, 2.45) is 0 Å². The molecule has 12 heteroatoms. The van der Waals surface area contributed by atoms with Crippen molar-refractivity contribution in [1.82, 2.24) is 14.5 Å². The molecule has 0 radical (unpaired) electrons. The first kappa shape index (κ1) is 26.1. The monoisotopic (exact) mass is 552 g/mol. The molecule has 4 aromatic rings. The topological polar surface area (TPSA) is 151 Å². The first-order chi connectivity index (χ1) is 18.7. The lowest BCUT2D eigenvalue weighted by molar-refractivity contribution is -0.0954. The summed E-state index contributed by atoms with van der Waals surface area (Å²) < 4.78 is 39.0. The second kappa shape index (κ2) is 10.1. The van der Waals surface area contributed by atoms with Crippen LogP contribution in [-0.2, 0) is 22.9 Å². The summed E-state index contributed by atoms with van der Waals surface area (Å²) in [5, 5.41) is 22.8. The van der Waals surface area contributed by atoms with Gasteiger partial charge in [-0.25, -0.2) is 14.5 Å². The Morgan fingerprint density at radius 2 is 1.67 bits per heavy atom. The summed E-state index contributed by atoms with van der Waals surface area (Å²) in [6.45, 7) is 1.09. The van der Waals surface area contributed by atoms with Gasteiger partial charge in [0.25, 0.3) is 0 Å². The Bertz CT molecular complexity index is 1450. The number of anilines is 1. The van der Waals surface area contributed by atoms with E-state index in [1.807, 2.05) is 60.7 Å². The number of phosphoric ester groups is 1. The van der Waals surface area contributed by atoms with Gasteiger partial charge in [0, 0.05) is 12.6 Å². The number of hydrogen-bond donors (Lipinski definition) is 3. The Kier molecular flexibility index (Phi) is 6.76. The summed E-state index contributed by atoms with van der Waals surface area (Å²) in [5.41, 5.74) is 6.32. The molecule has 11 nitrogen and oxygen atoms in total. The summed E-state index contributed by atoms with van der Waals surface area (Å²) in [6, 6.07) is 20.6. The van der Waals surface area contributed by atoms with Crippen LogP contribution in [0.3, 0.4) is 0 Å². The maximum Gasteiger partial charge on any atom is 0.476 e. The summed E-state index contributed by atoms with van der Waals surface area (Å²) in [7, 11) is -4.12. The molecule has 2 aromatic heterocycles. The van der Waals surface area contributed by atoms with Crippen LogP contribution in [0.4, 0.5) is 5.82 Å². The molecule has 2 aliphatic heterocycles. The number of aromatic nitrogens is 3. The van der Waals surface area contributed by atoms with E-state index < -0.39 is 44.1 Å². The number of aliphatic hydroxyl groups is 2. The lowest BCUT2D eigenvalue weighted by atomic mass is 9.96. The van der Waals surface area contributed by atoms with Gasteiger partial charge in [0.2, 0.25) is 0 Å². The van der Waals surface area contributed by atoms with Gasteiger partial charge >= 0.3 is 7.82 Å². The van der Waals surface area contributed by atoms with Crippen LogP contribution in [0.2, 0.25) is 0 Å². The fourth-order valence-electron chi connectivity index (χ4n) is 5.13. The minimum absolute atomic E-state index is 0.280. The van der Waals surface area contributed by atoms with Crippen LogP contribution in [0.1, 0.15) is 42.9 Å². The number of ether oxygens (including phenoxy) is 1. The SMILES string of the molecule is C[C@@]1(O)[C@H](O)[C@@H](CO[P@@]2(=O)O[C@H](c3ccccc3)C[C@H](c3ccccc3)O2)O[C@H]1n1ccc2c(N)ncnc21. The van der Waals surface area contributed by atoms with Crippen molar-refractivity contribution in [1.29, 1.82) is 0 Å². The number of fused-ring (bicyclic) bond motifs is 1. The van der Waals surface area contributed by atoms with Crippen LogP contribution >= 0.6 is 7.82 Å². The van der Waals surface area contributed by atoms with Gasteiger partial charge in [0.1, 0.15) is 35.6 Å². The van der Waals surface area contributed by atoms with Gasteiger partial charge < -0.3 is 25.3 Å². The molecule has 0 saturated carbocycles. The second-order valence-electron chi connectivity index (χ2n) is 9.90. The van der Waals surface area contributed by atoms with Crippen LogP contribution in [0.15, 0.2) is 79.3 Å². The number of nitrogens with two attached hydrogens (primary N) is 1. The first-order valence-electron chi connectivity index (χ1n) is 12.6. The summed E-state index contributed by atoms with van der Waals surface area (Å²) in [5.74, 6) is 0.280. The summed E-state index contributed by atoms with van der Waals surface area (Å²) in [4.78, 5) is 8.23. The molecule has 0 bridgehead atoms. The van der Waals surface area contributed by atoms with Gasteiger partial charge in [-0.2, -0.15) is 0 Å². The molecular weight excluding hydrogens is 523 g/mol. The quantitative estimate of drug-likeness (QED) is 0.299. The third-order valence-corrected chi connectivity index (χ3v) is 8.72. The van der Waals surface area contributed by atoms with E-state index in [-0.39, 0.29) is 12.4 Å². The van der Waals surface area contributed by atoms with E-state index in [1.165, 1.54) is 13.3 Å². The fourth-order valence-corrected chi connectivity index (χ4v) is 6.67. The van der Waals surface area contributed by atoms with Gasteiger partial charge in [-0.05, 0) is 24.1 Å². The van der Waals surface area contributed by atoms with Crippen molar-refractivity contribution in [3.63, 3.8) is 0 Å². The van der Waals surface area contributed by atoms with E-state index in [4.69, 9.17) is 24.0 Å². The molecule has 2 aromatic carbocycles. The molecule has 4 heterocycles. The lowest BCUT2D eigenvalue weighted by Crippen LogP contribution is -2.44. The van der Waals surface area contributed by atoms with Gasteiger partial charge in [-0.15, -0.1) is 0 Å². The van der Waals surface area contributed by atoms with E-state index in [0.717, 1.165) is 11.1 Å². The van der Waals surface area contributed by atoms with E-state index in [9.17, 15) is 14.8 Å². The van der Waals surface area contributed by atoms with Gasteiger partial charge in [0.05, 0.1) is 24.2 Å². The highest BCUT2D eigenvalue weighted by Crippen LogP contribution is 2.62. The zero-order valence-corrected chi connectivity index (χ0v) is 22.0. The predicted molar refractivity (Wildman–Crippen MR) is 141 cm³/mol. The highest BCUT2D eigenvalue weighted by Gasteiger charge is 2.54. The Labute approximate surface area is 224 Å². The molecule has 2 saturated heterocycles. The van der Waals surface area contributed by atoms with Crippen LogP contribution in [0.25, 0.3) is 11.0 Å². The maximum atomic E-state index is 13.8. The number of hydrogen-bond acceptors (Lipinski definition) is 10. The normalized spacial score (nSPS) is 32.9. The zero-order valence-electron chi connectivity index (χ0n) is 21.1. The molecule has 7 atom stereocenters. The smallest absolute Gasteiger partial charge is 0.387 e. The molecule has 0 spiro atoms. The highest BCUT2D eigenvalue weighted by atomic mass is 31.2. The van der Waals surface area contributed by atoms with Crippen molar-refractivity contribution in [3.8, 4) is 0 Å². The largest absolute Gasteiger partial charge is 0.476 e. The molecule has 2 fully saturated rings. The standard InChI is InChI=1S/C27H29N4O7P/c1-27(33)23(32)22(36-26(27)31-13-12-19-24(28)29-16-30-25(19)31)15-35-39(34)37-20(17-8-4-2-5-9-17)14-21(38-39)18-10-6-3-7-11-18/h2-13,16,20-23,26,32-33H,14-15H2,1H3,(H2,28,29,30)/t20-,21+,22-,23-,26-,27-,39-/m1/s1. The van der Waals surface area contributed by atoms with Crippen LogP contribution in [-0.4, -0.2) is 49.2 Å². The summed E-state index contributed by atoms with van der Waals surface area (Å²) in [6.07, 6.45) is -1.16. The Morgan fingerprint density at radius 1 is 1.05 bits per heavy atom. The molecule has 0 unspecified atom stereocenters. The van der Waals surface area contributed by atoms with Crippen molar-refractivity contribution in [2.75, 3.05) is 12.3 Å². The molecule has 0 aliphatic carbocycles. The number of nitrogens with zero attached hydrogens (tertiary/aromatic N) is 3. The van der Waals surface area contributed by atoms with Gasteiger partial charge in [0.15, 0.2) is 6.23 Å². The van der Waals surface area contributed by atoms with Gasteiger partial charge in [-0.3, -0.25) is 13.6 Å². The molecular formula is C27H29N4O7P. The number of aliphatic hydroxyl groups excluding tert-OH is 1. The van der Waals surface area contributed by atoms with E-state index >= 15 is 0 Å². The summed E-state index contributed by atoms with van der Waals surface area (Å²) >= 11 is 0. The zero-order chi connectivity index (χ0) is 27.2. The molecule has 2 aliphatic rings. The van der Waals surface area contributed by atoms with Crippen LogP contribution in [0.5, 0.6) is 0 Å². The van der Waals surface area contributed by atoms with E-state index in [2.05, 4.69) is 9.97 Å². The number of nitrogen functional groups attached to an aromatic ring is 1. The first-order valence-corrected chi connectivity index (χ1v) is 14.1. The predicted octanol–water partition coefficient (Wildman–Crippen LogP) is 4.07. The van der Waals surface area contributed by atoms with Gasteiger partial charge in [-0.1, -0.05) is 60.7 Å². The van der Waals surface area contributed by atoms with Crippen molar-refractivity contribution in [2.45, 2.75) is 49.6 Å². The van der Waals surface area contributed by atoms with Crippen molar-refractivity contribution in [3.05, 3.63) is 90.4 Å². The molecule has 0 amide bonds. The molecule has 39 heavy (non-hydrogen) atoms. The third-order valence-electron chi connectivity index (χ3n) is 7.23. The Morgan fingerprint density at radius 3 is 2.28 bits per heavy atom. The lowest BCUT2D eigenvalue weighted by Gasteiger charge is -2.35. The maximum absolute atomic E-state index is 13.8. The third kappa shape index (κ3) is 4.87. The highest BCUT2D eigenvalue weighted by molar-refractivity contribution is 7.48. The van der Waals surface area contributed by atoms with Crippen molar-refractivity contribution < 1.29 is 33.1 Å². The number of benzene rings is 2. The number of phosphoric acid groups is 1. The Balaban J connectivity index is 1.23. The second-order valence-corrected chi connectivity index (χ2v) is 11.5. The minimum atomic E-state index is -4.12. The Hall–Kier alpha value is -3.15. The van der Waals surface area contributed by atoms with Crippen LogP contribution < -0.4 is 5.73 Å². The van der Waals surface area contributed by atoms with Crippen molar-refractivity contribution >= 4 is 24.7 Å².